The zero-order valence-electron chi connectivity index (χ0n) is 31.1. The minimum absolute atomic E-state index is 0.120. The van der Waals surface area contributed by atoms with Gasteiger partial charge in [-0.3, -0.25) is 0 Å². The van der Waals surface area contributed by atoms with E-state index in [2.05, 4.69) is 59.8 Å². The lowest BCUT2D eigenvalue weighted by Crippen LogP contribution is -2.63. The van der Waals surface area contributed by atoms with Crippen LogP contribution in [0, 0.1) is 52.3 Å². The van der Waals surface area contributed by atoms with Crippen molar-refractivity contribution >= 4 is 0 Å². The van der Waals surface area contributed by atoms with Crippen LogP contribution in [0.5, 0.6) is 0 Å². The van der Waals surface area contributed by atoms with Crippen molar-refractivity contribution in [3.8, 4) is 0 Å². The first-order chi connectivity index (χ1) is 23.7. The predicted octanol–water partition coefficient (Wildman–Crippen LogP) is 4.09. The van der Waals surface area contributed by atoms with Crippen LogP contribution in [0.25, 0.3) is 0 Å². The standard InChI is InChI=1S/C40H66O10/c1-7-23(21(2)3)9-8-22(4)27-12-13-28-26-11-10-24-18-25(14-16-39(24,5)29(26)15-17-40(27,28)6)48-38-36(32(43)30(42)20-47-38)50-37-35(46)34(45)33(44)31(19-41)49-37/h8-10,21-23,25-38,41-46H,7,11-20H2,1-6H3/b9-8+/t22-,23-,25+,26+,27-,28+,29+,30-,31-,32+,33-,34+,35-,36-,37+,38+,39+,40-/m1/s1. The highest BCUT2D eigenvalue weighted by Crippen LogP contribution is 2.67. The molecule has 2 saturated heterocycles. The van der Waals surface area contributed by atoms with E-state index in [1.165, 1.54) is 37.7 Å². The zero-order chi connectivity index (χ0) is 36.1. The van der Waals surface area contributed by atoms with Crippen molar-refractivity contribution < 1.29 is 49.6 Å². The van der Waals surface area contributed by atoms with Crippen molar-refractivity contribution in [3.63, 3.8) is 0 Å². The fraction of sp³-hybridized carbons (Fsp3) is 0.900. The monoisotopic (exact) mass is 706 g/mol. The van der Waals surface area contributed by atoms with Crippen LogP contribution >= 0.6 is 0 Å². The van der Waals surface area contributed by atoms with Gasteiger partial charge in [-0.05, 0) is 110 Å². The molecule has 50 heavy (non-hydrogen) atoms. The number of rotatable bonds is 10. The molecule has 2 aliphatic heterocycles. The Labute approximate surface area is 299 Å². The molecule has 18 atom stereocenters. The molecule has 0 radical (unpaired) electrons. The van der Waals surface area contributed by atoms with E-state index in [1.54, 1.807) is 0 Å². The summed E-state index contributed by atoms with van der Waals surface area (Å²) in [6.45, 7) is 13.8. The maximum Gasteiger partial charge on any atom is 0.187 e. The van der Waals surface area contributed by atoms with E-state index >= 15 is 0 Å². The lowest BCUT2D eigenvalue weighted by Gasteiger charge is -2.58. The van der Waals surface area contributed by atoms with E-state index in [9.17, 15) is 30.6 Å². The molecule has 6 N–H and O–H groups in total. The summed E-state index contributed by atoms with van der Waals surface area (Å²) in [4.78, 5) is 0. The van der Waals surface area contributed by atoms with E-state index < -0.39 is 61.9 Å². The van der Waals surface area contributed by atoms with Gasteiger partial charge in [0.15, 0.2) is 12.6 Å². The second kappa shape index (κ2) is 15.4. The molecule has 3 saturated carbocycles. The Balaban J connectivity index is 1.12. The molecule has 2 heterocycles. The van der Waals surface area contributed by atoms with Crippen LogP contribution in [0.4, 0.5) is 0 Å². The first kappa shape index (κ1) is 38.8. The maximum atomic E-state index is 10.9. The van der Waals surface area contributed by atoms with Gasteiger partial charge in [-0.2, -0.15) is 0 Å². The Morgan fingerprint density at radius 3 is 2.34 bits per heavy atom. The van der Waals surface area contributed by atoms with Crippen LogP contribution in [-0.4, -0.2) is 105 Å². The highest BCUT2D eigenvalue weighted by molar-refractivity contribution is 5.26. The molecule has 0 aromatic carbocycles. The van der Waals surface area contributed by atoms with Gasteiger partial charge in [0.05, 0.1) is 19.3 Å². The summed E-state index contributed by atoms with van der Waals surface area (Å²) < 4.78 is 23.8. The Kier molecular flexibility index (Phi) is 12.0. The summed E-state index contributed by atoms with van der Waals surface area (Å²) in [5.41, 5.74) is 1.95. The number of aliphatic hydroxyl groups is 6. The van der Waals surface area contributed by atoms with E-state index in [0.29, 0.717) is 35.0 Å². The van der Waals surface area contributed by atoms with Crippen molar-refractivity contribution in [3.05, 3.63) is 23.8 Å². The largest absolute Gasteiger partial charge is 0.394 e. The Morgan fingerprint density at radius 1 is 0.880 bits per heavy atom. The third-order valence-corrected chi connectivity index (χ3v) is 14.7. The summed E-state index contributed by atoms with van der Waals surface area (Å²) in [6, 6.07) is 0. The van der Waals surface area contributed by atoms with Gasteiger partial charge in [0.2, 0.25) is 0 Å². The molecule has 0 bridgehead atoms. The number of hydrogen-bond donors (Lipinski definition) is 6. The summed E-state index contributed by atoms with van der Waals surface area (Å²) in [5, 5.41) is 62.0. The van der Waals surface area contributed by atoms with Crippen LogP contribution in [0.3, 0.4) is 0 Å². The second-order valence-corrected chi connectivity index (χ2v) is 17.6. The van der Waals surface area contributed by atoms with Crippen molar-refractivity contribution in [2.24, 2.45) is 52.3 Å². The number of hydrogen-bond acceptors (Lipinski definition) is 10. The molecule has 6 aliphatic rings. The van der Waals surface area contributed by atoms with E-state index in [-0.39, 0.29) is 18.1 Å². The van der Waals surface area contributed by atoms with E-state index in [0.717, 1.165) is 37.5 Å². The molecule has 4 aliphatic carbocycles. The summed E-state index contributed by atoms with van der Waals surface area (Å²) in [7, 11) is 0. The van der Waals surface area contributed by atoms with Gasteiger partial charge in [0.25, 0.3) is 0 Å². The lowest BCUT2D eigenvalue weighted by atomic mass is 9.47. The Bertz CT molecular complexity index is 1210. The fourth-order valence-electron chi connectivity index (χ4n) is 11.5. The Morgan fingerprint density at radius 2 is 1.64 bits per heavy atom. The SMILES string of the molecule is CC[C@H](/C=C/[C@@H](C)[C@H]1CC[C@H]2[C@@H]3CC=C4C[C@@H](O[C@@H]5OC[C@@H](O)[C@H](O)[C@H]5O[C@@H]5O[C@H](CO)[C@@H](O)[C@H](O)[C@H]5O)CC[C@]4(C)[C@H]3CC[C@]12C)C(C)C. The molecule has 286 valence electrons. The molecule has 0 spiro atoms. The molecule has 0 aromatic heterocycles. The number of aliphatic hydroxyl groups excluding tert-OH is 6. The Hall–Kier alpha value is -0.920. The molecular formula is C40H66O10. The average molecular weight is 707 g/mol. The molecule has 0 unspecified atom stereocenters. The van der Waals surface area contributed by atoms with Crippen LogP contribution in [0.1, 0.15) is 99.3 Å². The van der Waals surface area contributed by atoms with Crippen LogP contribution in [-0.2, 0) is 18.9 Å². The minimum atomic E-state index is -1.65. The fourth-order valence-corrected chi connectivity index (χ4v) is 11.5. The molecule has 5 fully saturated rings. The average Bonchev–Trinajstić information content (AvgIpc) is 3.45. The predicted molar refractivity (Wildman–Crippen MR) is 187 cm³/mol. The smallest absolute Gasteiger partial charge is 0.187 e. The molecule has 0 aromatic rings. The zero-order valence-corrected chi connectivity index (χ0v) is 31.1. The first-order valence-electron chi connectivity index (χ1n) is 19.7. The van der Waals surface area contributed by atoms with Crippen molar-refractivity contribution in [1.29, 1.82) is 0 Å². The van der Waals surface area contributed by atoms with Crippen molar-refractivity contribution in [1.82, 2.24) is 0 Å². The molecule has 10 heteroatoms. The summed E-state index contributed by atoms with van der Waals surface area (Å²) in [6.07, 6.45) is 5.05. The van der Waals surface area contributed by atoms with Crippen molar-refractivity contribution in [2.45, 2.75) is 161 Å². The maximum absolute atomic E-state index is 10.9. The van der Waals surface area contributed by atoms with Gasteiger partial charge in [-0.15, -0.1) is 0 Å². The van der Waals surface area contributed by atoms with Crippen LogP contribution in [0.15, 0.2) is 23.8 Å². The first-order valence-corrected chi connectivity index (χ1v) is 19.7. The summed E-state index contributed by atoms with van der Waals surface area (Å²) in [5.74, 6) is 4.78. The van der Waals surface area contributed by atoms with Gasteiger partial charge in [0.1, 0.15) is 42.7 Å². The van der Waals surface area contributed by atoms with Gasteiger partial charge in [-0.25, -0.2) is 0 Å². The highest BCUT2D eigenvalue weighted by Gasteiger charge is 2.59. The quantitative estimate of drug-likeness (QED) is 0.183. The van der Waals surface area contributed by atoms with Gasteiger partial charge < -0.3 is 49.6 Å². The van der Waals surface area contributed by atoms with Gasteiger partial charge >= 0.3 is 0 Å². The number of allylic oxidation sites excluding steroid dienone is 3. The van der Waals surface area contributed by atoms with Gasteiger partial charge in [-0.1, -0.05) is 65.3 Å². The lowest BCUT2D eigenvalue weighted by molar-refractivity contribution is -0.361. The van der Waals surface area contributed by atoms with Crippen LogP contribution in [0.2, 0.25) is 0 Å². The van der Waals surface area contributed by atoms with E-state index in [4.69, 9.17) is 18.9 Å². The highest BCUT2D eigenvalue weighted by atomic mass is 16.8. The molecule has 0 amide bonds. The second-order valence-electron chi connectivity index (χ2n) is 17.6. The van der Waals surface area contributed by atoms with Gasteiger partial charge in [0, 0.05) is 0 Å². The molecular weight excluding hydrogens is 640 g/mol. The normalized spacial score (nSPS) is 49.3. The number of fused-ring (bicyclic) bond motifs is 5. The molecule has 10 nitrogen and oxygen atoms in total. The third-order valence-electron chi connectivity index (χ3n) is 14.7. The van der Waals surface area contributed by atoms with Crippen molar-refractivity contribution in [2.75, 3.05) is 13.2 Å². The molecule has 6 rings (SSSR count). The topological polar surface area (TPSA) is 158 Å². The van der Waals surface area contributed by atoms with E-state index in [1.807, 2.05) is 0 Å². The number of ether oxygens (including phenoxy) is 4. The van der Waals surface area contributed by atoms with Crippen LogP contribution < -0.4 is 0 Å². The minimum Gasteiger partial charge on any atom is -0.394 e. The third kappa shape index (κ3) is 7.05. The summed E-state index contributed by atoms with van der Waals surface area (Å²) >= 11 is 0.